The summed E-state index contributed by atoms with van der Waals surface area (Å²) in [5.41, 5.74) is 5.95. The maximum absolute atomic E-state index is 13.6. The van der Waals surface area contributed by atoms with Crippen molar-refractivity contribution >= 4 is 29.3 Å². The topological polar surface area (TPSA) is 96.5 Å². The summed E-state index contributed by atoms with van der Waals surface area (Å²) in [4.78, 5) is 35.9. The van der Waals surface area contributed by atoms with Gasteiger partial charge in [0.15, 0.2) is 0 Å². The van der Waals surface area contributed by atoms with Gasteiger partial charge in [-0.2, -0.15) is 0 Å². The maximum Gasteiger partial charge on any atom is 0.269 e. The Labute approximate surface area is 199 Å². The van der Waals surface area contributed by atoms with E-state index in [4.69, 9.17) is 16.3 Å². The molecule has 0 unspecified atom stereocenters. The highest BCUT2D eigenvalue weighted by molar-refractivity contribution is 6.31. The summed E-state index contributed by atoms with van der Waals surface area (Å²) >= 11 is 5.99. The summed E-state index contributed by atoms with van der Waals surface area (Å²) in [6.45, 7) is 1.63. The number of rotatable bonds is 7. The summed E-state index contributed by atoms with van der Waals surface area (Å²) in [6.07, 6.45) is 0. The van der Waals surface area contributed by atoms with Gasteiger partial charge in [0, 0.05) is 16.7 Å². The SMILES string of the molecule is Cc1cc(OCc2ccc(C(=O)NNC(=O)CNC(=O)c3ccc(F)cc3F)cc2)ccc1Cl. The predicted octanol–water partition coefficient (Wildman–Crippen LogP) is 3.70. The molecule has 0 aliphatic rings. The van der Waals surface area contributed by atoms with Crippen molar-refractivity contribution in [3.8, 4) is 5.75 Å². The van der Waals surface area contributed by atoms with Crippen LogP contribution < -0.4 is 20.9 Å². The number of benzene rings is 3. The van der Waals surface area contributed by atoms with Crippen LogP contribution in [0.4, 0.5) is 8.78 Å². The number of amides is 3. The summed E-state index contributed by atoms with van der Waals surface area (Å²) in [7, 11) is 0. The second-order valence-electron chi connectivity index (χ2n) is 7.21. The van der Waals surface area contributed by atoms with E-state index in [0.717, 1.165) is 23.3 Å². The number of hydrogen-bond acceptors (Lipinski definition) is 4. The molecule has 7 nitrogen and oxygen atoms in total. The lowest BCUT2D eigenvalue weighted by Crippen LogP contribution is -2.46. The van der Waals surface area contributed by atoms with Crippen molar-refractivity contribution < 1.29 is 27.9 Å². The molecule has 3 rings (SSSR count). The molecule has 0 radical (unpaired) electrons. The van der Waals surface area contributed by atoms with Gasteiger partial charge in [-0.15, -0.1) is 0 Å². The lowest BCUT2D eigenvalue weighted by atomic mass is 10.1. The molecule has 0 saturated heterocycles. The van der Waals surface area contributed by atoms with Crippen LogP contribution in [0.1, 0.15) is 31.8 Å². The molecule has 10 heteroatoms. The van der Waals surface area contributed by atoms with Gasteiger partial charge in [-0.1, -0.05) is 23.7 Å². The summed E-state index contributed by atoms with van der Waals surface area (Å²) < 4.78 is 32.2. The number of hydrogen-bond donors (Lipinski definition) is 3. The highest BCUT2D eigenvalue weighted by Gasteiger charge is 2.14. The first kappa shape index (κ1) is 24.7. The number of nitrogens with one attached hydrogen (secondary N) is 3. The molecular formula is C24H20ClF2N3O4. The lowest BCUT2D eigenvalue weighted by Gasteiger charge is -2.10. The van der Waals surface area contributed by atoms with E-state index in [2.05, 4.69) is 16.2 Å². The zero-order valence-corrected chi connectivity index (χ0v) is 18.7. The average molecular weight is 488 g/mol. The van der Waals surface area contributed by atoms with E-state index in [9.17, 15) is 23.2 Å². The van der Waals surface area contributed by atoms with Gasteiger partial charge < -0.3 is 10.1 Å². The zero-order chi connectivity index (χ0) is 24.7. The Morgan fingerprint density at radius 1 is 0.912 bits per heavy atom. The van der Waals surface area contributed by atoms with Crippen LogP contribution in [0.5, 0.6) is 5.75 Å². The molecule has 0 fully saturated rings. The van der Waals surface area contributed by atoms with Crippen molar-refractivity contribution in [1.82, 2.24) is 16.2 Å². The van der Waals surface area contributed by atoms with Crippen LogP contribution in [0.25, 0.3) is 0 Å². The Balaban J connectivity index is 1.43. The van der Waals surface area contributed by atoms with Crippen molar-refractivity contribution in [2.24, 2.45) is 0 Å². The molecule has 0 aromatic heterocycles. The molecule has 0 aliphatic heterocycles. The minimum Gasteiger partial charge on any atom is -0.489 e. The number of aryl methyl sites for hydroxylation is 1. The van der Waals surface area contributed by atoms with Crippen LogP contribution in [0.2, 0.25) is 5.02 Å². The standard InChI is InChI=1S/C24H20ClF2N3O4/c1-14-10-18(7-9-20(14)25)34-13-15-2-4-16(5-3-15)23(32)30-29-22(31)12-28-24(33)19-8-6-17(26)11-21(19)27/h2-11H,12-13H2,1H3,(H,28,33)(H,29,31)(H,30,32). The predicted molar refractivity (Wildman–Crippen MR) is 121 cm³/mol. The first-order valence-corrected chi connectivity index (χ1v) is 10.4. The van der Waals surface area contributed by atoms with Gasteiger partial charge >= 0.3 is 0 Å². The van der Waals surface area contributed by atoms with Crippen LogP contribution in [0.3, 0.4) is 0 Å². The van der Waals surface area contributed by atoms with Crippen LogP contribution in [-0.2, 0) is 11.4 Å². The van der Waals surface area contributed by atoms with Crippen LogP contribution in [-0.4, -0.2) is 24.3 Å². The maximum atomic E-state index is 13.6. The number of ether oxygens (including phenoxy) is 1. The van der Waals surface area contributed by atoms with Crippen LogP contribution in [0.15, 0.2) is 60.7 Å². The van der Waals surface area contributed by atoms with Crippen molar-refractivity contribution in [2.45, 2.75) is 13.5 Å². The highest BCUT2D eigenvalue weighted by Crippen LogP contribution is 2.22. The molecular weight excluding hydrogens is 468 g/mol. The molecule has 0 aliphatic carbocycles. The fourth-order valence-electron chi connectivity index (χ4n) is 2.80. The van der Waals surface area contributed by atoms with E-state index >= 15 is 0 Å². The van der Waals surface area contributed by atoms with Crippen molar-refractivity contribution in [1.29, 1.82) is 0 Å². The van der Waals surface area contributed by atoms with Gasteiger partial charge in [-0.25, -0.2) is 8.78 Å². The summed E-state index contributed by atoms with van der Waals surface area (Å²) in [5.74, 6) is -3.43. The van der Waals surface area contributed by atoms with Gasteiger partial charge in [-0.05, 0) is 60.5 Å². The summed E-state index contributed by atoms with van der Waals surface area (Å²) in [6, 6.07) is 14.3. The smallest absolute Gasteiger partial charge is 0.269 e. The monoisotopic (exact) mass is 487 g/mol. The minimum absolute atomic E-state index is 0.281. The number of halogens is 3. The molecule has 3 aromatic carbocycles. The normalized spacial score (nSPS) is 10.4. The molecule has 3 N–H and O–H groups in total. The molecule has 0 bridgehead atoms. The molecule has 0 heterocycles. The van der Waals surface area contributed by atoms with Crippen LogP contribution >= 0.6 is 11.6 Å². The fourth-order valence-corrected chi connectivity index (χ4v) is 2.92. The van der Waals surface area contributed by atoms with Gasteiger partial charge in [0.2, 0.25) is 0 Å². The Morgan fingerprint density at radius 2 is 1.65 bits per heavy atom. The minimum atomic E-state index is -1.05. The highest BCUT2D eigenvalue weighted by atomic mass is 35.5. The molecule has 3 aromatic rings. The molecule has 0 atom stereocenters. The second kappa shape index (κ2) is 11.2. The molecule has 3 amide bonds. The van der Waals surface area contributed by atoms with Crippen molar-refractivity contribution in [2.75, 3.05) is 6.54 Å². The third kappa shape index (κ3) is 6.76. The average Bonchev–Trinajstić information content (AvgIpc) is 2.82. The Morgan fingerprint density at radius 3 is 2.32 bits per heavy atom. The Kier molecular flexibility index (Phi) is 8.15. The van der Waals surface area contributed by atoms with E-state index in [0.29, 0.717) is 16.8 Å². The zero-order valence-electron chi connectivity index (χ0n) is 18.0. The molecule has 0 saturated carbocycles. The lowest BCUT2D eigenvalue weighted by molar-refractivity contribution is -0.120. The van der Waals surface area contributed by atoms with Gasteiger partial charge in [0.05, 0.1) is 12.1 Å². The number of hydrazine groups is 1. The second-order valence-corrected chi connectivity index (χ2v) is 7.61. The van der Waals surface area contributed by atoms with Gasteiger partial charge in [0.1, 0.15) is 24.0 Å². The Bertz CT molecular complexity index is 1220. The summed E-state index contributed by atoms with van der Waals surface area (Å²) in [5, 5.41) is 2.83. The van der Waals surface area contributed by atoms with Crippen LogP contribution in [0, 0.1) is 18.6 Å². The third-order valence-corrected chi connectivity index (χ3v) is 5.08. The van der Waals surface area contributed by atoms with Gasteiger partial charge in [-0.3, -0.25) is 25.2 Å². The van der Waals surface area contributed by atoms with Gasteiger partial charge in [0.25, 0.3) is 17.7 Å². The van der Waals surface area contributed by atoms with Crippen molar-refractivity contribution in [3.63, 3.8) is 0 Å². The number of carbonyl (C=O) groups is 3. The number of carbonyl (C=O) groups excluding carboxylic acids is 3. The Hall–Kier alpha value is -3.98. The molecule has 176 valence electrons. The van der Waals surface area contributed by atoms with E-state index < -0.39 is 41.5 Å². The first-order valence-electron chi connectivity index (χ1n) is 10.0. The first-order chi connectivity index (χ1) is 16.2. The van der Waals surface area contributed by atoms with E-state index in [1.165, 1.54) is 0 Å². The molecule has 0 spiro atoms. The van der Waals surface area contributed by atoms with E-state index in [-0.39, 0.29) is 12.2 Å². The van der Waals surface area contributed by atoms with Crippen molar-refractivity contribution in [3.05, 3.63) is 99.6 Å². The largest absolute Gasteiger partial charge is 0.489 e. The van der Waals surface area contributed by atoms with E-state index in [1.54, 1.807) is 36.4 Å². The van der Waals surface area contributed by atoms with E-state index in [1.807, 2.05) is 13.0 Å². The third-order valence-electron chi connectivity index (χ3n) is 4.65. The molecule has 34 heavy (non-hydrogen) atoms. The quantitative estimate of drug-likeness (QED) is 0.443. The fraction of sp³-hybridized carbons (Fsp3) is 0.125.